The SMILES string of the molecule is O=C(CCc1ccc2c(-c3ccccc3)cc(=O)[nH]c2n1)OCCN1CCNCC1. The van der Waals surface area contributed by atoms with Crippen molar-refractivity contribution in [1.82, 2.24) is 20.2 Å². The fourth-order valence-electron chi connectivity index (χ4n) is 3.70. The smallest absolute Gasteiger partial charge is 0.306 e. The van der Waals surface area contributed by atoms with Crippen LogP contribution >= 0.6 is 0 Å². The summed E-state index contributed by atoms with van der Waals surface area (Å²) in [5.74, 6) is -0.224. The number of piperazine rings is 1. The predicted octanol–water partition coefficient (Wildman–Crippen LogP) is 1.97. The zero-order chi connectivity index (χ0) is 20.8. The van der Waals surface area contributed by atoms with Crippen LogP contribution in [-0.4, -0.2) is 60.2 Å². The number of aryl methyl sites for hydroxylation is 1. The van der Waals surface area contributed by atoms with E-state index >= 15 is 0 Å². The summed E-state index contributed by atoms with van der Waals surface area (Å²) in [6.07, 6.45) is 0.739. The van der Waals surface area contributed by atoms with Crippen molar-refractivity contribution in [1.29, 1.82) is 0 Å². The van der Waals surface area contributed by atoms with Crippen molar-refractivity contribution in [2.75, 3.05) is 39.3 Å². The second-order valence-corrected chi connectivity index (χ2v) is 7.42. The number of H-pyrrole nitrogens is 1. The molecule has 156 valence electrons. The first-order valence-electron chi connectivity index (χ1n) is 10.4. The van der Waals surface area contributed by atoms with Crippen molar-refractivity contribution >= 4 is 17.0 Å². The molecule has 1 fully saturated rings. The fourth-order valence-corrected chi connectivity index (χ4v) is 3.70. The first-order chi connectivity index (χ1) is 14.7. The Morgan fingerprint density at radius 1 is 1.10 bits per heavy atom. The summed E-state index contributed by atoms with van der Waals surface area (Å²) in [6, 6.07) is 15.2. The zero-order valence-electron chi connectivity index (χ0n) is 16.9. The van der Waals surface area contributed by atoms with Crippen molar-refractivity contribution in [3.63, 3.8) is 0 Å². The number of esters is 1. The first-order valence-corrected chi connectivity index (χ1v) is 10.4. The van der Waals surface area contributed by atoms with Crippen LogP contribution in [0.1, 0.15) is 12.1 Å². The number of carbonyl (C=O) groups is 1. The number of benzene rings is 1. The summed E-state index contributed by atoms with van der Waals surface area (Å²) in [5.41, 5.74) is 2.91. The molecular weight excluding hydrogens is 380 g/mol. The van der Waals surface area contributed by atoms with E-state index in [9.17, 15) is 9.59 Å². The van der Waals surface area contributed by atoms with Gasteiger partial charge in [-0.15, -0.1) is 0 Å². The van der Waals surface area contributed by atoms with Gasteiger partial charge in [-0.2, -0.15) is 0 Å². The number of fused-ring (bicyclic) bond motifs is 1. The molecule has 0 bridgehead atoms. The van der Waals surface area contributed by atoms with Crippen LogP contribution in [0.5, 0.6) is 0 Å². The lowest BCUT2D eigenvalue weighted by Crippen LogP contribution is -2.44. The summed E-state index contributed by atoms with van der Waals surface area (Å²) in [7, 11) is 0. The Labute approximate surface area is 175 Å². The molecule has 1 saturated heterocycles. The minimum Gasteiger partial charge on any atom is -0.464 e. The number of hydrogen-bond acceptors (Lipinski definition) is 6. The van der Waals surface area contributed by atoms with Crippen molar-refractivity contribution < 1.29 is 9.53 Å². The quantitative estimate of drug-likeness (QED) is 0.584. The number of nitrogens with one attached hydrogen (secondary N) is 2. The molecule has 2 N–H and O–H groups in total. The molecule has 0 atom stereocenters. The average Bonchev–Trinajstić information content (AvgIpc) is 2.78. The van der Waals surface area contributed by atoms with E-state index in [0.29, 0.717) is 18.7 Å². The first kappa shape index (κ1) is 20.3. The molecule has 0 saturated carbocycles. The Morgan fingerprint density at radius 3 is 2.70 bits per heavy atom. The molecule has 3 aromatic rings. The number of aromatic amines is 1. The lowest BCUT2D eigenvalue weighted by molar-refractivity contribution is -0.144. The molecule has 0 radical (unpaired) electrons. The van der Waals surface area contributed by atoms with Crippen molar-refractivity contribution in [3.8, 4) is 11.1 Å². The molecule has 7 heteroatoms. The number of carbonyl (C=O) groups excluding carboxylic acids is 1. The van der Waals surface area contributed by atoms with Crippen LogP contribution < -0.4 is 10.9 Å². The Kier molecular flexibility index (Phi) is 6.51. The van der Waals surface area contributed by atoms with E-state index in [1.165, 1.54) is 0 Å². The van der Waals surface area contributed by atoms with Gasteiger partial charge in [-0.05, 0) is 23.3 Å². The number of pyridine rings is 2. The van der Waals surface area contributed by atoms with Gasteiger partial charge in [-0.3, -0.25) is 14.5 Å². The highest BCUT2D eigenvalue weighted by Gasteiger charge is 2.12. The van der Waals surface area contributed by atoms with Crippen LogP contribution in [0, 0.1) is 0 Å². The maximum Gasteiger partial charge on any atom is 0.306 e. The largest absolute Gasteiger partial charge is 0.464 e. The highest BCUT2D eigenvalue weighted by Crippen LogP contribution is 2.25. The van der Waals surface area contributed by atoms with E-state index in [-0.39, 0.29) is 17.9 Å². The molecule has 30 heavy (non-hydrogen) atoms. The normalized spacial score (nSPS) is 14.7. The van der Waals surface area contributed by atoms with Crippen molar-refractivity contribution in [2.24, 2.45) is 0 Å². The van der Waals surface area contributed by atoms with Crippen LogP contribution in [0.15, 0.2) is 53.3 Å². The summed E-state index contributed by atoms with van der Waals surface area (Å²) in [6.45, 7) is 5.12. The maximum atomic E-state index is 12.1. The number of rotatable bonds is 7. The van der Waals surface area contributed by atoms with Crippen LogP contribution in [0.2, 0.25) is 0 Å². The third kappa shape index (κ3) is 5.11. The molecule has 7 nitrogen and oxygen atoms in total. The number of nitrogens with zero attached hydrogens (tertiary/aromatic N) is 2. The molecule has 3 heterocycles. The molecule has 0 amide bonds. The molecule has 1 aliphatic heterocycles. The van der Waals surface area contributed by atoms with E-state index < -0.39 is 0 Å². The molecule has 2 aromatic heterocycles. The Hall–Kier alpha value is -3.03. The van der Waals surface area contributed by atoms with E-state index in [2.05, 4.69) is 20.2 Å². The monoisotopic (exact) mass is 406 g/mol. The zero-order valence-corrected chi connectivity index (χ0v) is 16.9. The molecule has 0 unspecified atom stereocenters. The van der Waals surface area contributed by atoms with E-state index in [4.69, 9.17) is 4.74 Å². The van der Waals surface area contributed by atoms with Gasteiger partial charge in [0.1, 0.15) is 12.3 Å². The van der Waals surface area contributed by atoms with Crippen LogP contribution in [-0.2, 0) is 16.0 Å². The molecule has 4 rings (SSSR count). The third-order valence-corrected chi connectivity index (χ3v) is 5.31. The van der Waals surface area contributed by atoms with Gasteiger partial charge in [0.25, 0.3) is 0 Å². The fraction of sp³-hybridized carbons (Fsp3) is 0.348. The highest BCUT2D eigenvalue weighted by atomic mass is 16.5. The standard InChI is InChI=1S/C23H26N4O3/c28-21-16-20(17-4-2-1-3-5-17)19-8-6-18(25-23(19)26-21)7-9-22(29)30-15-14-27-12-10-24-11-13-27/h1-6,8,16,24H,7,9-15H2,(H,25,26,28). The summed E-state index contributed by atoms with van der Waals surface area (Å²) in [4.78, 5) is 33.9. The Bertz CT molecular complexity index is 1060. The Balaban J connectivity index is 1.38. The topological polar surface area (TPSA) is 87.3 Å². The van der Waals surface area contributed by atoms with Crippen molar-refractivity contribution in [2.45, 2.75) is 12.8 Å². The Morgan fingerprint density at radius 2 is 1.90 bits per heavy atom. The summed E-state index contributed by atoms with van der Waals surface area (Å²) < 4.78 is 5.36. The van der Waals surface area contributed by atoms with E-state index in [1.807, 2.05) is 42.5 Å². The van der Waals surface area contributed by atoms with Gasteiger partial charge in [-0.1, -0.05) is 30.3 Å². The lowest BCUT2D eigenvalue weighted by Gasteiger charge is -2.26. The third-order valence-electron chi connectivity index (χ3n) is 5.31. The summed E-state index contributed by atoms with van der Waals surface area (Å²) in [5, 5.41) is 4.18. The second kappa shape index (κ2) is 9.65. The molecule has 1 aromatic carbocycles. The van der Waals surface area contributed by atoms with Gasteiger partial charge in [0.15, 0.2) is 0 Å². The molecule has 1 aliphatic rings. The van der Waals surface area contributed by atoms with Crippen LogP contribution in [0.25, 0.3) is 22.2 Å². The lowest BCUT2D eigenvalue weighted by atomic mass is 10.0. The molecule has 0 aliphatic carbocycles. The van der Waals surface area contributed by atoms with E-state index in [0.717, 1.165) is 54.9 Å². The number of hydrogen-bond donors (Lipinski definition) is 2. The average molecular weight is 406 g/mol. The van der Waals surface area contributed by atoms with Gasteiger partial charge in [0, 0.05) is 56.3 Å². The van der Waals surface area contributed by atoms with Gasteiger partial charge >= 0.3 is 5.97 Å². The van der Waals surface area contributed by atoms with Gasteiger partial charge in [0.2, 0.25) is 5.56 Å². The van der Waals surface area contributed by atoms with Crippen LogP contribution in [0.4, 0.5) is 0 Å². The minimum atomic E-state index is -0.224. The molecule has 0 spiro atoms. The van der Waals surface area contributed by atoms with Gasteiger partial charge in [0.05, 0.1) is 6.42 Å². The van der Waals surface area contributed by atoms with Crippen LogP contribution in [0.3, 0.4) is 0 Å². The number of aromatic nitrogens is 2. The van der Waals surface area contributed by atoms with Gasteiger partial charge in [-0.25, -0.2) is 4.98 Å². The highest BCUT2D eigenvalue weighted by molar-refractivity contribution is 5.92. The predicted molar refractivity (Wildman–Crippen MR) is 116 cm³/mol. The maximum absolute atomic E-state index is 12.1. The van der Waals surface area contributed by atoms with Gasteiger partial charge < -0.3 is 15.0 Å². The summed E-state index contributed by atoms with van der Waals surface area (Å²) >= 11 is 0. The minimum absolute atomic E-state index is 0.196. The number of ether oxygens (including phenoxy) is 1. The molecular formula is C23H26N4O3. The second-order valence-electron chi connectivity index (χ2n) is 7.42. The van der Waals surface area contributed by atoms with Crippen molar-refractivity contribution in [3.05, 3.63) is 64.6 Å². The van der Waals surface area contributed by atoms with E-state index in [1.54, 1.807) is 6.07 Å².